The van der Waals surface area contributed by atoms with Gasteiger partial charge in [-0.2, -0.15) is 0 Å². The first kappa shape index (κ1) is 10.9. The van der Waals surface area contributed by atoms with Gasteiger partial charge in [0.15, 0.2) is 11.5 Å². The molecule has 86 valence electrons. The summed E-state index contributed by atoms with van der Waals surface area (Å²) in [7, 11) is 0. The maximum atomic E-state index is 4.49. The predicted molar refractivity (Wildman–Crippen MR) is 74.3 cm³/mol. The second-order valence-corrected chi connectivity index (χ2v) is 5.81. The average molecular weight is 308 g/mol. The Morgan fingerprint density at radius 2 is 2.29 bits per heavy atom. The molecular formula is C12H10BrN3S. The van der Waals surface area contributed by atoms with Crippen molar-refractivity contribution in [3.05, 3.63) is 33.7 Å². The number of imidazole rings is 1. The normalized spacial score (nSPS) is 11.2. The van der Waals surface area contributed by atoms with Gasteiger partial charge in [0.1, 0.15) is 0 Å². The highest BCUT2D eigenvalue weighted by Crippen LogP contribution is 2.28. The van der Waals surface area contributed by atoms with Crippen molar-refractivity contribution >= 4 is 38.4 Å². The molecule has 0 bridgehead atoms. The highest BCUT2D eigenvalue weighted by atomic mass is 79.9. The zero-order valence-corrected chi connectivity index (χ0v) is 11.6. The summed E-state index contributed by atoms with van der Waals surface area (Å²) in [6, 6.07) is 6.25. The van der Waals surface area contributed by atoms with E-state index in [2.05, 4.69) is 49.9 Å². The van der Waals surface area contributed by atoms with Crippen molar-refractivity contribution in [1.29, 1.82) is 0 Å². The van der Waals surface area contributed by atoms with Crippen LogP contribution < -0.4 is 0 Å². The first-order valence-electron chi connectivity index (χ1n) is 5.36. The van der Waals surface area contributed by atoms with Crippen LogP contribution in [0.3, 0.4) is 0 Å². The minimum absolute atomic E-state index is 0.759. The largest absolute Gasteiger partial charge is 0.336 e. The Morgan fingerprint density at radius 3 is 3.06 bits per heavy atom. The van der Waals surface area contributed by atoms with Gasteiger partial charge < -0.3 is 4.98 Å². The van der Waals surface area contributed by atoms with Crippen molar-refractivity contribution in [2.45, 2.75) is 13.3 Å². The van der Waals surface area contributed by atoms with Crippen LogP contribution in [-0.4, -0.2) is 15.0 Å². The molecule has 0 atom stereocenters. The third kappa shape index (κ3) is 2.00. The van der Waals surface area contributed by atoms with E-state index in [0.29, 0.717) is 0 Å². The van der Waals surface area contributed by atoms with Gasteiger partial charge in [-0.25, -0.2) is 9.97 Å². The minimum atomic E-state index is 0.759. The molecule has 0 radical (unpaired) electrons. The van der Waals surface area contributed by atoms with Crippen molar-refractivity contribution in [3.8, 4) is 10.7 Å². The van der Waals surface area contributed by atoms with E-state index in [-0.39, 0.29) is 0 Å². The Hall–Kier alpha value is -1.20. The molecule has 0 spiro atoms. The number of H-pyrrole nitrogens is 1. The molecule has 3 aromatic rings. The fourth-order valence-corrected chi connectivity index (χ4v) is 2.91. The lowest BCUT2D eigenvalue weighted by Gasteiger charge is -1.88. The number of nitrogens with one attached hydrogen (secondary N) is 1. The topological polar surface area (TPSA) is 41.6 Å². The molecule has 3 nitrogen and oxygen atoms in total. The van der Waals surface area contributed by atoms with E-state index in [0.717, 1.165) is 32.8 Å². The van der Waals surface area contributed by atoms with Gasteiger partial charge >= 0.3 is 0 Å². The molecule has 3 rings (SSSR count). The number of aryl methyl sites for hydroxylation is 1. The number of hydrogen-bond acceptors (Lipinski definition) is 3. The smallest absolute Gasteiger partial charge is 0.178 e. The standard InChI is InChI=1S/C12H10BrN3S/c1-2-8-3-4-10(17-8)12-15-9-5-7(13)6-14-11(9)16-12/h3-6H,2H2,1H3,(H,14,15,16). The van der Waals surface area contributed by atoms with Crippen molar-refractivity contribution < 1.29 is 0 Å². The van der Waals surface area contributed by atoms with E-state index in [4.69, 9.17) is 0 Å². The quantitative estimate of drug-likeness (QED) is 0.777. The molecule has 0 saturated carbocycles. The van der Waals surface area contributed by atoms with Gasteiger partial charge in [-0.05, 0) is 40.5 Å². The van der Waals surface area contributed by atoms with Crippen molar-refractivity contribution in [2.24, 2.45) is 0 Å². The Kier molecular flexibility index (Phi) is 2.72. The predicted octanol–water partition coefficient (Wildman–Crippen LogP) is 4.01. The van der Waals surface area contributed by atoms with Gasteiger partial charge in [0, 0.05) is 15.5 Å². The average Bonchev–Trinajstić information content (AvgIpc) is 2.93. The summed E-state index contributed by atoms with van der Waals surface area (Å²) < 4.78 is 0.959. The monoisotopic (exact) mass is 307 g/mol. The summed E-state index contributed by atoms with van der Waals surface area (Å²) in [5, 5.41) is 0. The molecule has 0 aliphatic rings. The number of hydrogen-bond donors (Lipinski definition) is 1. The molecule has 3 aromatic heterocycles. The SMILES string of the molecule is CCc1ccc(-c2nc3ncc(Br)cc3[nH]2)s1. The van der Waals surface area contributed by atoms with Crippen LogP contribution in [0.15, 0.2) is 28.9 Å². The Labute approximate surface area is 111 Å². The Balaban J connectivity index is 2.11. The third-order valence-corrected chi connectivity index (χ3v) is 4.22. The number of fused-ring (bicyclic) bond motifs is 1. The van der Waals surface area contributed by atoms with Crippen LogP contribution in [0, 0.1) is 0 Å². The highest BCUT2D eigenvalue weighted by molar-refractivity contribution is 9.10. The van der Waals surface area contributed by atoms with E-state index < -0.39 is 0 Å². The molecule has 0 unspecified atom stereocenters. The molecule has 17 heavy (non-hydrogen) atoms. The number of rotatable bonds is 2. The molecule has 3 heterocycles. The van der Waals surface area contributed by atoms with E-state index in [9.17, 15) is 0 Å². The number of nitrogens with zero attached hydrogens (tertiary/aromatic N) is 2. The summed E-state index contributed by atoms with van der Waals surface area (Å²) in [5.41, 5.74) is 1.72. The molecule has 5 heteroatoms. The maximum absolute atomic E-state index is 4.49. The van der Waals surface area contributed by atoms with Crippen LogP contribution in [0.25, 0.3) is 21.9 Å². The second-order valence-electron chi connectivity index (χ2n) is 3.73. The maximum Gasteiger partial charge on any atom is 0.178 e. The lowest BCUT2D eigenvalue weighted by molar-refractivity contribution is 1.19. The first-order chi connectivity index (χ1) is 8.26. The zero-order valence-electron chi connectivity index (χ0n) is 9.20. The molecule has 0 saturated heterocycles. The van der Waals surface area contributed by atoms with Crippen molar-refractivity contribution in [1.82, 2.24) is 15.0 Å². The lowest BCUT2D eigenvalue weighted by atomic mass is 10.3. The van der Waals surface area contributed by atoms with Gasteiger partial charge in [-0.15, -0.1) is 11.3 Å². The summed E-state index contributed by atoms with van der Waals surface area (Å²) in [6.07, 6.45) is 2.83. The highest BCUT2D eigenvalue weighted by Gasteiger charge is 2.08. The van der Waals surface area contributed by atoms with Crippen LogP contribution in [0.4, 0.5) is 0 Å². The van der Waals surface area contributed by atoms with Crippen LogP contribution in [0.5, 0.6) is 0 Å². The molecule has 0 fully saturated rings. The number of pyridine rings is 1. The van der Waals surface area contributed by atoms with E-state index in [1.165, 1.54) is 4.88 Å². The zero-order chi connectivity index (χ0) is 11.8. The molecular weight excluding hydrogens is 298 g/mol. The fraction of sp³-hybridized carbons (Fsp3) is 0.167. The molecule has 0 aliphatic heterocycles. The number of halogens is 1. The second kappa shape index (κ2) is 4.23. The molecule has 0 amide bonds. The van der Waals surface area contributed by atoms with Crippen molar-refractivity contribution in [3.63, 3.8) is 0 Å². The van der Waals surface area contributed by atoms with E-state index in [1.54, 1.807) is 17.5 Å². The van der Waals surface area contributed by atoms with Gasteiger partial charge in [-0.3, -0.25) is 0 Å². The van der Waals surface area contributed by atoms with E-state index >= 15 is 0 Å². The van der Waals surface area contributed by atoms with Crippen LogP contribution >= 0.6 is 27.3 Å². The van der Waals surface area contributed by atoms with Crippen molar-refractivity contribution in [2.75, 3.05) is 0 Å². The molecule has 0 aliphatic carbocycles. The van der Waals surface area contributed by atoms with Gasteiger partial charge in [-0.1, -0.05) is 6.92 Å². The van der Waals surface area contributed by atoms with E-state index in [1.807, 2.05) is 6.07 Å². The summed E-state index contributed by atoms with van der Waals surface area (Å²) in [6.45, 7) is 2.16. The Morgan fingerprint density at radius 1 is 1.41 bits per heavy atom. The number of thiophene rings is 1. The molecule has 0 aromatic carbocycles. The first-order valence-corrected chi connectivity index (χ1v) is 6.97. The van der Waals surface area contributed by atoms with Crippen LogP contribution in [-0.2, 0) is 6.42 Å². The number of aromatic nitrogens is 3. The van der Waals surface area contributed by atoms with Gasteiger partial charge in [0.2, 0.25) is 0 Å². The summed E-state index contributed by atoms with van der Waals surface area (Å²) in [5.74, 6) is 0.898. The minimum Gasteiger partial charge on any atom is -0.336 e. The van der Waals surface area contributed by atoms with Gasteiger partial charge in [0.25, 0.3) is 0 Å². The Bertz CT molecular complexity index is 671. The summed E-state index contributed by atoms with van der Waals surface area (Å²) in [4.78, 5) is 14.6. The number of aromatic amines is 1. The third-order valence-electron chi connectivity index (χ3n) is 2.55. The van der Waals surface area contributed by atoms with Gasteiger partial charge in [0.05, 0.1) is 10.4 Å². The van der Waals surface area contributed by atoms with Crippen LogP contribution in [0.2, 0.25) is 0 Å². The fourth-order valence-electron chi connectivity index (χ4n) is 1.69. The lowest BCUT2D eigenvalue weighted by Crippen LogP contribution is -1.75. The van der Waals surface area contributed by atoms with Crippen LogP contribution in [0.1, 0.15) is 11.8 Å². The summed E-state index contributed by atoms with van der Waals surface area (Å²) >= 11 is 5.18. The molecule has 1 N–H and O–H groups in total.